The van der Waals surface area contributed by atoms with Crippen LogP contribution in [-0.2, 0) is 9.09 Å². The Morgan fingerprint density at radius 3 is 2.50 bits per heavy atom. The summed E-state index contributed by atoms with van der Waals surface area (Å²) >= 11 is 0. The first-order valence-corrected chi connectivity index (χ1v) is 5.49. The van der Waals surface area contributed by atoms with Crippen molar-refractivity contribution in [1.29, 1.82) is 0 Å². The molecule has 62 valence electrons. The lowest BCUT2D eigenvalue weighted by atomic mass is 10.4. The van der Waals surface area contributed by atoms with Crippen molar-refractivity contribution in [3.63, 3.8) is 0 Å². The van der Waals surface area contributed by atoms with Crippen molar-refractivity contribution in [2.45, 2.75) is 33.1 Å². The van der Waals surface area contributed by atoms with E-state index in [2.05, 4.69) is 6.92 Å². The van der Waals surface area contributed by atoms with E-state index in [0.717, 1.165) is 25.4 Å². The maximum Gasteiger partial charge on any atom is 0.191 e. The minimum atomic E-state index is -1.66. The van der Waals surface area contributed by atoms with Gasteiger partial charge in [0.15, 0.2) is 8.03 Å². The topological polar surface area (TPSA) is 26.3 Å². The summed E-state index contributed by atoms with van der Waals surface area (Å²) < 4.78 is 16.0. The zero-order valence-electron chi connectivity index (χ0n) is 6.85. The maximum atomic E-state index is 10.9. The van der Waals surface area contributed by atoms with Crippen molar-refractivity contribution in [2.75, 3.05) is 12.8 Å². The first kappa shape index (κ1) is 10.2. The molecule has 0 aromatic rings. The van der Waals surface area contributed by atoms with E-state index in [4.69, 9.17) is 4.52 Å². The van der Waals surface area contributed by atoms with Crippen molar-refractivity contribution in [3.05, 3.63) is 0 Å². The van der Waals surface area contributed by atoms with Crippen molar-refractivity contribution in [2.24, 2.45) is 0 Å². The molecule has 0 aliphatic heterocycles. The molecule has 10 heavy (non-hydrogen) atoms. The molecule has 0 aromatic heterocycles. The highest BCUT2D eigenvalue weighted by molar-refractivity contribution is 7.39. The predicted molar refractivity (Wildman–Crippen MR) is 45.0 cm³/mol. The van der Waals surface area contributed by atoms with Gasteiger partial charge in [0.25, 0.3) is 0 Å². The summed E-state index contributed by atoms with van der Waals surface area (Å²) in [6.07, 6.45) is 3.86. The number of rotatable bonds is 6. The van der Waals surface area contributed by atoms with E-state index in [1.165, 1.54) is 0 Å². The van der Waals surface area contributed by atoms with Crippen LogP contribution in [0.15, 0.2) is 0 Å². The standard InChI is InChI=1S/C7H17O2P/c1-3-5-7-10(8)9-6-4-2/h10H,3-7H2,1-2H3. The molecule has 0 aromatic carbocycles. The van der Waals surface area contributed by atoms with Crippen LogP contribution >= 0.6 is 8.03 Å². The van der Waals surface area contributed by atoms with Crippen LogP contribution in [0.2, 0.25) is 0 Å². The fourth-order valence-electron chi connectivity index (χ4n) is 0.609. The molecule has 1 unspecified atom stereocenters. The van der Waals surface area contributed by atoms with Crippen molar-refractivity contribution < 1.29 is 9.09 Å². The zero-order chi connectivity index (χ0) is 7.82. The molecular weight excluding hydrogens is 147 g/mol. The number of unbranched alkanes of at least 4 members (excludes halogenated alkanes) is 1. The maximum absolute atomic E-state index is 10.9. The Hall–Kier alpha value is 0.190. The first-order valence-electron chi connectivity index (χ1n) is 3.96. The minimum absolute atomic E-state index is 0.654. The van der Waals surface area contributed by atoms with Crippen LogP contribution in [0.5, 0.6) is 0 Å². The average molecular weight is 164 g/mol. The Bertz CT molecular complexity index is 83.6. The summed E-state index contributed by atoms with van der Waals surface area (Å²) in [7, 11) is -1.66. The fourth-order valence-corrected chi connectivity index (χ4v) is 1.83. The molecule has 0 spiro atoms. The summed E-state index contributed by atoms with van der Waals surface area (Å²) in [5.74, 6) is 0. The van der Waals surface area contributed by atoms with E-state index >= 15 is 0 Å². The smallest absolute Gasteiger partial charge is 0.191 e. The summed E-state index contributed by atoms with van der Waals surface area (Å²) in [5.41, 5.74) is 0. The molecule has 0 N–H and O–H groups in total. The molecule has 0 saturated heterocycles. The third kappa shape index (κ3) is 6.31. The molecule has 0 aliphatic carbocycles. The van der Waals surface area contributed by atoms with Crippen LogP contribution < -0.4 is 0 Å². The van der Waals surface area contributed by atoms with Gasteiger partial charge in [0.05, 0.1) is 6.61 Å². The van der Waals surface area contributed by atoms with Gasteiger partial charge < -0.3 is 4.52 Å². The van der Waals surface area contributed by atoms with E-state index in [1.807, 2.05) is 6.92 Å². The zero-order valence-corrected chi connectivity index (χ0v) is 7.85. The Morgan fingerprint density at radius 1 is 1.30 bits per heavy atom. The normalized spacial score (nSPS) is 13.4. The van der Waals surface area contributed by atoms with Gasteiger partial charge in [-0.2, -0.15) is 0 Å². The lowest BCUT2D eigenvalue weighted by molar-refractivity contribution is 0.328. The van der Waals surface area contributed by atoms with Gasteiger partial charge in [-0.1, -0.05) is 20.3 Å². The summed E-state index contributed by atoms with van der Waals surface area (Å²) in [6.45, 7) is 4.77. The van der Waals surface area contributed by atoms with Crippen LogP contribution in [0.25, 0.3) is 0 Å². The van der Waals surface area contributed by atoms with Crippen molar-refractivity contribution in [1.82, 2.24) is 0 Å². The van der Waals surface area contributed by atoms with Crippen molar-refractivity contribution >= 4 is 8.03 Å². The molecular formula is C7H17O2P. The third-order valence-electron chi connectivity index (χ3n) is 1.20. The second-order valence-corrected chi connectivity index (χ2v) is 3.86. The Kier molecular flexibility index (Phi) is 7.44. The largest absolute Gasteiger partial charge is 0.330 e. The Morgan fingerprint density at radius 2 is 2.00 bits per heavy atom. The monoisotopic (exact) mass is 164 g/mol. The van der Waals surface area contributed by atoms with Crippen LogP contribution in [0, 0.1) is 0 Å². The molecule has 1 atom stereocenters. The van der Waals surface area contributed by atoms with E-state index in [-0.39, 0.29) is 0 Å². The molecule has 0 heterocycles. The highest BCUT2D eigenvalue weighted by atomic mass is 31.1. The SMILES string of the molecule is CCCC[PH](=O)OCCC. The highest BCUT2D eigenvalue weighted by Gasteiger charge is 1.95. The molecule has 0 fully saturated rings. The average Bonchev–Trinajstić information content (AvgIpc) is 1.97. The van der Waals surface area contributed by atoms with Gasteiger partial charge >= 0.3 is 0 Å². The van der Waals surface area contributed by atoms with Gasteiger partial charge in [0.2, 0.25) is 0 Å². The van der Waals surface area contributed by atoms with Gasteiger partial charge in [0, 0.05) is 6.16 Å². The summed E-state index contributed by atoms with van der Waals surface area (Å²) in [5, 5.41) is 0. The van der Waals surface area contributed by atoms with Gasteiger partial charge in [-0.3, -0.25) is 4.57 Å². The fraction of sp³-hybridized carbons (Fsp3) is 1.00. The Balaban J connectivity index is 3.09. The molecule has 0 rings (SSSR count). The quantitative estimate of drug-likeness (QED) is 0.564. The van der Waals surface area contributed by atoms with Gasteiger partial charge in [-0.15, -0.1) is 0 Å². The summed E-state index contributed by atoms with van der Waals surface area (Å²) in [4.78, 5) is 0. The lowest BCUT2D eigenvalue weighted by Crippen LogP contribution is -1.85. The van der Waals surface area contributed by atoms with E-state index < -0.39 is 8.03 Å². The van der Waals surface area contributed by atoms with Gasteiger partial charge in [-0.25, -0.2) is 0 Å². The molecule has 0 bridgehead atoms. The Labute approximate surface area is 63.8 Å². The molecule has 3 heteroatoms. The van der Waals surface area contributed by atoms with E-state index in [9.17, 15) is 4.57 Å². The minimum Gasteiger partial charge on any atom is -0.330 e. The van der Waals surface area contributed by atoms with Crippen LogP contribution in [0.3, 0.4) is 0 Å². The van der Waals surface area contributed by atoms with Gasteiger partial charge in [-0.05, 0) is 12.8 Å². The highest BCUT2D eigenvalue weighted by Crippen LogP contribution is 2.23. The number of hydrogen-bond acceptors (Lipinski definition) is 2. The predicted octanol–water partition coefficient (Wildman–Crippen LogP) is 2.69. The molecule has 0 amide bonds. The lowest BCUT2D eigenvalue weighted by Gasteiger charge is -2.00. The molecule has 0 radical (unpaired) electrons. The molecule has 0 saturated carbocycles. The summed E-state index contributed by atoms with van der Waals surface area (Å²) in [6, 6.07) is 0. The number of hydrogen-bond donors (Lipinski definition) is 0. The van der Waals surface area contributed by atoms with Gasteiger partial charge in [0.1, 0.15) is 0 Å². The third-order valence-corrected chi connectivity index (χ3v) is 2.49. The van der Waals surface area contributed by atoms with Crippen LogP contribution in [0.4, 0.5) is 0 Å². The van der Waals surface area contributed by atoms with Crippen molar-refractivity contribution in [3.8, 4) is 0 Å². The van der Waals surface area contributed by atoms with Crippen LogP contribution in [0.1, 0.15) is 33.1 Å². The molecule has 2 nitrogen and oxygen atoms in total. The van der Waals surface area contributed by atoms with E-state index in [1.54, 1.807) is 0 Å². The second-order valence-electron chi connectivity index (χ2n) is 2.32. The molecule has 0 aliphatic rings. The van der Waals surface area contributed by atoms with Crippen LogP contribution in [-0.4, -0.2) is 12.8 Å². The van der Waals surface area contributed by atoms with E-state index in [0.29, 0.717) is 6.61 Å². The second kappa shape index (κ2) is 7.30. The first-order chi connectivity index (χ1) is 4.81.